The highest BCUT2D eigenvalue weighted by Crippen LogP contribution is 2.43. The van der Waals surface area contributed by atoms with Crippen molar-refractivity contribution in [3.63, 3.8) is 0 Å². The zero-order valence-electron chi connectivity index (χ0n) is 16.5. The van der Waals surface area contributed by atoms with E-state index in [4.69, 9.17) is 0 Å². The summed E-state index contributed by atoms with van der Waals surface area (Å²) >= 11 is 0. The van der Waals surface area contributed by atoms with E-state index in [1.54, 1.807) is 11.0 Å². The van der Waals surface area contributed by atoms with E-state index in [2.05, 4.69) is 4.98 Å². The molecule has 2 N–H and O–H groups in total. The van der Waals surface area contributed by atoms with Gasteiger partial charge in [0.15, 0.2) is 6.10 Å². The van der Waals surface area contributed by atoms with Gasteiger partial charge in [0.2, 0.25) is 5.56 Å². The molecule has 0 spiro atoms. The van der Waals surface area contributed by atoms with E-state index in [1.165, 1.54) is 36.4 Å². The van der Waals surface area contributed by atoms with Gasteiger partial charge in [-0.2, -0.15) is 26.3 Å². The fourth-order valence-electron chi connectivity index (χ4n) is 4.29. The Balaban J connectivity index is 1.80. The smallest absolute Gasteiger partial charge is 0.379 e. The Bertz CT molecular complexity index is 1200. The predicted molar refractivity (Wildman–Crippen MR) is 106 cm³/mol. The number of hydrogen-bond donors (Lipinski definition) is 2. The Morgan fingerprint density at radius 1 is 1.03 bits per heavy atom. The van der Waals surface area contributed by atoms with E-state index in [0.717, 1.165) is 0 Å². The Labute approximate surface area is 178 Å². The van der Waals surface area contributed by atoms with Crippen LogP contribution >= 0.6 is 0 Å². The van der Waals surface area contributed by atoms with Crippen LogP contribution in [0.2, 0.25) is 0 Å². The fraction of sp³-hybridized carbons (Fsp3) is 0.318. The van der Waals surface area contributed by atoms with Crippen LogP contribution in [-0.2, 0) is 6.18 Å². The van der Waals surface area contributed by atoms with Gasteiger partial charge in [0.25, 0.3) is 0 Å². The van der Waals surface area contributed by atoms with Crippen molar-refractivity contribution in [2.75, 3.05) is 11.4 Å². The van der Waals surface area contributed by atoms with Gasteiger partial charge in [-0.25, -0.2) is 0 Å². The summed E-state index contributed by atoms with van der Waals surface area (Å²) in [6.07, 6.45) is -11.2. The molecule has 0 aliphatic carbocycles. The van der Waals surface area contributed by atoms with Crippen molar-refractivity contribution in [2.45, 2.75) is 37.3 Å². The van der Waals surface area contributed by atoms with E-state index in [1.807, 2.05) is 0 Å². The molecular formula is C22H18F6N2O2. The van der Waals surface area contributed by atoms with E-state index in [0.29, 0.717) is 31.1 Å². The molecule has 0 saturated carbocycles. The van der Waals surface area contributed by atoms with Gasteiger partial charge in [0, 0.05) is 29.2 Å². The number of pyridine rings is 1. The molecule has 0 bridgehead atoms. The van der Waals surface area contributed by atoms with E-state index in [9.17, 15) is 36.2 Å². The number of anilines is 1. The van der Waals surface area contributed by atoms with Gasteiger partial charge in [-0.3, -0.25) is 4.79 Å². The molecule has 4 rings (SSSR count). The Morgan fingerprint density at radius 3 is 2.44 bits per heavy atom. The SMILES string of the molecule is O=c1cc(C(F)(F)F)c2cc(N3CCC[C@@H]3c3ccccc3[C@@H](O)C(F)(F)F)ccc2[nH]1. The molecule has 0 amide bonds. The Morgan fingerprint density at radius 2 is 1.75 bits per heavy atom. The summed E-state index contributed by atoms with van der Waals surface area (Å²) in [6, 6.07) is 9.76. The highest BCUT2D eigenvalue weighted by Gasteiger charge is 2.42. The molecule has 2 atom stereocenters. The van der Waals surface area contributed by atoms with E-state index < -0.39 is 35.6 Å². The molecular weight excluding hydrogens is 438 g/mol. The summed E-state index contributed by atoms with van der Waals surface area (Å²) in [5, 5.41) is 9.64. The quantitative estimate of drug-likeness (QED) is 0.513. The van der Waals surface area contributed by atoms with Crippen LogP contribution in [-0.4, -0.2) is 22.8 Å². The Hall–Kier alpha value is -3.01. The van der Waals surface area contributed by atoms with Gasteiger partial charge in [-0.05, 0) is 42.2 Å². The number of nitrogens with zero attached hydrogens (tertiary/aromatic N) is 1. The summed E-state index contributed by atoms with van der Waals surface area (Å²) in [7, 11) is 0. The Kier molecular flexibility index (Phi) is 5.44. The van der Waals surface area contributed by atoms with Crippen LogP contribution in [0.1, 0.15) is 41.7 Å². The van der Waals surface area contributed by atoms with Crippen molar-refractivity contribution in [2.24, 2.45) is 0 Å². The highest BCUT2D eigenvalue weighted by atomic mass is 19.4. The first kappa shape index (κ1) is 22.2. The monoisotopic (exact) mass is 456 g/mol. The molecule has 32 heavy (non-hydrogen) atoms. The van der Waals surface area contributed by atoms with Gasteiger partial charge < -0.3 is 15.0 Å². The fourth-order valence-corrected chi connectivity index (χ4v) is 4.29. The van der Waals surface area contributed by atoms with Crippen LogP contribution in [0.3, 0.4) is 0 Å². The number of rotatable bonds is 3. The first-order valence-electron chi connectivity index (χ1n) is 9.81. The molecule has 0 unspecified atom stereocenters. The number of aromatic nitrogens is 1. The molecule has 0 radical (unpaired) electrons. The van der Waals surface area contributed by atoms with Crippen molar-refractivity contribution in [1.29, 1.82) is 0 Å². The van der Waals surface area contributed by atoms with Crippen molar-refractivity contribution in [3.8, 4) is 0 Å². The van der Waals surface area contributed by atoms with Crippen molar-refractivity contribution in [3.05, 3.63) is 75.6 Å². The number of fused-ring (bicyclic) bond motifs is 1. The lowest BCUT2D eigenvalue weighted by atomic mass is 9.94. The highest BCUT2D eigenvalue weighted by molar-refractivity contribution is 5.86. The maximum Gasteiger partial charge on any atom is 0.418 e. The summed E-state index contributed by atoms with van der Waals surface area (Å²) in [6.45, 7) is 0.414. The predicted octanol–water partition coefficient (Wildman–Crippen LogP) is 5.48. The third-order valence-electron chi connectivity index (χ3n) is 5.68. The van der Waals surface area contributed by atoms with Crippen LogP contribution in [0.15, 0.2) is 53.3 Å². The lowest BCUT2D eigenvalue weighted by molar-refractivity contribution is -0.207. The van der Waals surface area contributed by atoms with Gasteiger partial charge in [-0.15, -0.1) is 0 Å². The number of aliphatic hydroxyl groups excluding tert-OH is 1. The minimum Gasteiger partial charge on any atom is -0.379 e. The number of H-pyrrole nitrogens is 1. The maximum atomic E-state index is 13.5. The molecule has 2 heterocycles. The second-order valence-corrected chi connectivity index (χ2v) is 7.70. The first-order chi connectivity index (χ1) is 15.0. The molecule has 1 aliphatic rings. The third kappa shape index (κ3) is 4.06. The van der Waals surface area contributed by atoms with Gasteiger partial charge in [-0.1, -0.05) is 24.3 Å². The van der Waals surface area contributed by atoms with Gasteiger partial charge >= 0.3 is 12.4 Å². The van der Waals surface area contributed by atoms with Crippen molar-refractivity contribution < 1.29 is 31.4 Å². The average Bonchev–Trinajstić information content (AvgIpc) is 3.20. The minimum atomic E-state index is -4.85. The third-order valence-corrected chi connectivity index (χ3v) is 5.68. The van der Waals surface area contributed by atoms with Crippen LogP contribution in [0.25, 0.3) is 10.9 Å². The number of hydrogen-bond acceptors (Lipinski definition) is 3. The number of halogens is 6. The molecule has 1 saturated heterocycles. The number of aliphatic hydroxyl groups is 1. The van der Waals surface area contributed by atoms with Crippen LogP contribution in [0, 0.1) is 0 Å². The standard InChI is InChI=1S/C22H18F6N2O2/c23-21(24,25)16-11-19(31)29-17-8-7-12(10-15(16)17)30-9-3-6-18(30)13-4-1-2-5-14(13)20(32)22(26,27)28/h1-2,4-5,7-8,10-11,18,20,32H,3,6,9H2,(H,29,31)/t18-,20-/m1/s1. The summed E-state index contributed by atoms with van der Waals surface area (Å²) < 4.78 is 80.1. The van der Waals surface area contributed by atoms with Gasteiger partial charge in [0.05, 0.1) is 11.6 Å². The number of nitrogens with one attached hydrogen (secondary N) is 1. The van der Waals surface area contributed by atoms with Gasteiger partial charge in [0.1, 0.15) is 0 Å². The normalized spacial score (nSPS) is 18.3. The molecule has 1 aromatic heterocycles. The molecule has 1 fully saturated rings. The van der Waals surface area contributed by atoms with Crippen molar-refractivity contribution in [1.82, 2.24) is 4.98 Å². The molecule has 2 aromatic carbocycles. The molecule has 1 aliphatic heterocycles. The minimum absolute atomic E-state index is 0.0113. The number of aromatic amines is 1. The molecule has 170 valence electrons. The molecule has 3 aromatic rings. The lowest BCUT2D eigenvalue weighted by Gasteiger charge is -2.30. The zero-order valence-corrected chi connectivity index (χ0v) is 16.5. The number of alkyl halides is 6. The summed E-state index contributed by atoms with van der Waals surface area (Å²) in [4.78, 5) is 15.7. The first-order valence-corrected chi connectivity index (χ1v) is 9.81. The van der Waals surface area contributed by atoms with Crippen LogP contribution in [0.5, 0.6) is 0 Å². The van der Waals surface area contributed by atoms with Crippen LogP contribution in [0.4, 0.5) is 32.0 Å². The van der Waals surface area contributed by atoms with E-state index in [-0.39, 0.29) is 22.0 Å². The second kappa shape index (κ2) is 7.84. The molecule has 4 nitrogen and oxygen atoms in total. The summed E-state index contributed by atoms with van der Waals surface area (Å²) in [5.74, 6) is 0. The molecule has 10 heteroatoms. The van der Waals surface area contributed by atoms with Crippen molar-refractivity contribution >= 4 is 16.6 Å². The topological polar surface area (TPSA) is 56.3 Å². The second-order valence-electron chi connectivity index (χ2n) is 7.70. The average molecular weight is 456 g/mol. The largest absolute Gasteiger partial charge is 0.418 e. The maximum absolute atomic E-state index is 13.5. The van der Waals surface area contributed by atoms with E-state index >= 15 is 0 Å². The number of benzene rings is 2. The lowest BCUT2D eigenvalue weighted by Crippen LogP contribution is -2.27. The summed E-state index contributed by atoms with van der Waals surface area (Å²) in [5.41, 5.74) is -1.58. The van der Waals surface area contributed by atoms with Crippen LogP contribution < -0.4 is 10.5 Å². The zero-order chi connectivity index (χ0) is 23.3.